The lowest BCUT2D eigenvalue weighted by atomic mass is 10.1. The molecule has 1 aliphatic rings. The molecule has 1 aliphatic heterocycles. The summed E-state index contributed by atoms with van der Waals surface area (Å²) in [6, 6.07) is 15.5. The molecule has 0 unspecified atom stereocenters. The minimum absolute atomic E-state index is 0.243. The highest BCUT2D eigenvalue weighted by Crippen LogP contribution is 2.30. The van der Waals surface area contributed by atoms with Crippen LogP contribution in [0.4, 0.5) is 0 Å². The van der Waals surface area contributed by atoms with Crippen LogP contribution in [0.1, 0.15) is 18.1 Å². The molecule has 3 rings (SSSR count). The SMILES string of the molecule is CCOc1cc(C=C2NC(=S)NC2=O)ccc1OCc1ccccc1. The van der Waals surface area contributed by atoms with E-state index >= 15 is 0 Å². The molecule has 0 aromatic heterocycles. The normalized spacial score (nSPS) is 15.0. The Bertz CT molecular complexity index is 819. The smallest absolute Gasteiger partial charge is 0.273 e. The van der Waals surface area contributed by atoms with Crippen LogP contribution in [0.25, 0.3) is 6.08 Å². The predicted molar refractivity (Wildman–Crippen MR) is 100 cm³/mol. The van der Waals surface area contributed by atoms with Gasteiger partial charge >= 0.3 is 0 Å². The van der Waals surface area contributed by atoms with Gasteiger partial charge in [-0.3, -0.25) is 10.1 Å². The van der Waals surface area contributed by atoms with Gasteiger partial charge in [-0.2, -0.15) is 0 Å². The van der Waals surface area contributed by atoms with Gasteiger partial charge < -0.3 is 14.8 Å². The van der Waals surface area contributed by atoms with E-state index in [0.29, 0.717) is 35.5 Å². The zero-order chi connectivity index (χ0) is 17.6. The van der Waals surface area contributed by atoms with E-state index in [0.717, 1.165) is 11.1 Å². The Balaban J connectivity index is 1.79. The van der Waals surface area contributed by atoms with E-state index in [9.17, 15) is 4.79 Å². The quantitative estimate of drug-likeness (QED) is 0.617. The van der Waals surface area contributed by atoms with Crippen LogP contribution in [-0.2, 0) is 11.4 Å². The number of hydrogen-bond donors (Lipinski definition) is 2. The molecule has 0 saturated carbocycles. The highest BCUT2D eigenvalue weighted by molar-refractivity contribution is 7.80. The topological polar surface area (TPSA) is 59.6 Å². The van der Waals surface area contributed by atoms with Crippen molar-refractivity contribution in [1.29, 1.82) is 0 Å². The number of amides is 1. The van der Waals surface area contributed by atoms with Gasteiger partial charge in [-0.15, -0.1) is 0 Å². The van der Waals surface area contributed by atoms with E-state index in [4.69, 9.17) is 21.7 Å². The average molecular weight is 354 g/mol. The Kier molecular flexibility index (Phi) is 5.30. The van der Waals surface area contributed by atoms with Crippen molar-refractivity contribution in [2.45, 2.75) is 13.5 Å². The molecule has 0 bridgehead atoms. The van der Waals surface area contributed by atoms with Crippen molar-refractivity contribution in [1.82, 2.24) is 10.6 Å². The zero-order valence-electron chi connectivity index (χ0n) is 13.7. The Morgan fingerprint density at radius 3 is 2.52 bits per heavy atom. The minimum atomic E-state index is -0.243. The Morgan fingerprint density at radius 1 is 1.04 bits per heavy atom. The monoisotopic (exact) mass is 354 g/mol. The van der Waals surface area contributed by atoms with Gasteiger partial charge in [0.2, 0.25) is 0 Å². The van der Waals surface area contributed by atoms with Crippen molar-refractivity contribution in [3.8, 4) is 11.5 Å². The zero-order valence-corrected chi connectivity index (χ0v) is 14.6. The average Bonchev–Trinajstić information content (AvgIpc) is 2.92. The van der Waals surface area contributed by atoms with Gasteiger partial charge in [-0.1, -0.05) is 36.4 Å². The molecule has 1 fully saturated rings. The summed E-state index contributed by atoms with van der Waals surface area (Å²) in [4.78, 5) is 11.7. The minimum Gasteiger partial charge on any atom is -0.490 e. The molecular formula is C19H18N2O3S. The lowest BCUT2D eigenvalue weighted by Gasteiger charge is -2.13. The molecule has 5 nitrogen and oxygen atoms in total. The van der Waals surface area contributed by atoms with Crippen LogP contribution in [0.2, 0.25) is 0 Å². The standard InChI is InChI=1S/C19H18N2O3S/c1-2-23-17-11-14(10-15-18(22)21-19(25)20-15)8-9-16(17)24-12-13-6-4-3-5-7-13/h3-11H,2,12H2,1H3,(H2,20,21,22,25). The fraction of sp³-hybridized carbons (Fsp3) is 0.158. The number of nitrogens with one attached hydrogen (secondary N) is 2. The van der Waals surface area contributed by atoms with Crippen molar-refractivity contribution < 1.29 is 14.3 Å². The number of rotatable bonds is 6. The van der Waals surface area contributed by atoms with Gasteiger partial charge in [0, 0.05) is 0 Å². The van der Waals surface area contributed by atoms with Crippen molar-refractivity contribution in [2.24, 2.45) is 0 Å². The molecule has 1 amide bonds. The van der Waals surface area contributed by atoms with Crippen molar-refractivity contribution in [3.63, 3.8) is 0 Å². The molecule has 0 atom stereocenters. The summed E-state index contributed by atoms with van der Waals surface area (Å²) in [7, 11) is 0. The molecule has 2 aromatic carbocycles. The summed E-state index contributed by atoms with van der Waals surface area (Å²) >= 11 is 4.93. The second-order valence-corrected chi connectivity index (χ2v) is 5.79. The summed E-state index contributed by atoms with van der Waals surface area (Å²) < 4.78 is 11.6. The van der Waals surface area contributed by atoms with E-state index < -0.39 is 0 Å². The number of ether oxygens (including phenoxy) is 2. The lowest BCUT2D eigenvalue weighted by molar-refractivity contribution is -0.115. The van der Waals surface area contributed by atoms with Crippen molar-refractivity contribution in [3.05, 3.63) is 65.4 Å². The molecule has 1 heterocycles. The van der Waals surface area contributed by atoms with Crippen LogP contribution in [0.3, 0.4) is 0 Å². The first-order valence-corrected chi connectivity index (χ1v) is 8.34. The molecule has 0 aliphatic carbocycles. The van der Waals surface area contributed by atoms with Gasteiger partial charge in [0.15, 0.2) is 16.6 Å². The summed E-state index contributed by atoms with van der Waals surface area (Å²) in [6.07, 6.45) is 1.72. The third-order valence-electron chi connectivity index (χ3n) is 3.54. The maximum Gasteiger partial charge on any atom is 0.273 e. The summed E-state index contributed by atoms with van der Waals surface area (Å²) in [5.41, 5.74) is 2.31. The maximum atomic E-state index is 11.7. The highest BCUT2D eigenvalue weighted by Gasteiger charge is 2.20. The first-order valence-electron chi connectivity index (χ1n) is 7.93. The Morgan fingerprint density at radius 2 is 1.84 bits per heavy atom. The molecule has 128 valence electrons. The Hall–Kier alpha value is -2.86. The van der Waals surface area contributed by atoms with Gasteiger partial charge in [-0.05, 0) is 48.5 Å². The van der Waals surface area contributed by atoms with E-state index in [1.54, 1.807) is 6.08 Å². The number of carbonyl (C=O) groups is 1. The van der Waals surface area contributed by atoms with Crippen LogP contribution >= 0.6 is 12.2 Å². The van der Waals surface area contributed by atoms with Crippen molar-refractivity contribution >= 4 is 29.3 Å². The molecule has 2 N–H and O–H groups in total. The van der Waals surface area contributed by atoms with Gasteiger partial charge in [0.25, 0.3) is 5.91 Å². The molecule has 0 spiro atoms. The fourth-order valence-corrected chi connectivity index (χ4v) is 2.59. The van der Waals surface area contributed by atoms with E-state index in [-0.39, 0.29) is 5.91 Å². The second-order valence-electron chi connectivity index (χ2n) is 5.38. The van der Waals surface area contributed by atoms with Gasteiger partial charge in [-0.25, -0.2) is 0 Å². The largest absolute Gasteiger partial charge is 0.490 e. The van der Waals surface area contributed by atoms with Crippen LogP contribution in [-0.4, -0.2) is 17.6 Å². The Labute approximate surface area is 151 Å². The van der Waals surface area contributed by atoms with Crippen LogP contribution in [0.15, 0.2) is 54.2 Å². The highest BCUT2D eigenvalue weighted by atomic mass is 32.1. The number of benzene rings is 2. The van der Waals surface area contributed by atoms with E-state index in [1.165, 1.54) is 0 Å². The first kappa shape index (κ1) is 17.0. The fourth-order valence-electron chi connectivity index (χ4n) is 2.39. The van der Waals surface area contributed by atoms with Crippen LogP contribution < -0.4 is 20.1 Å². The molecule has 6 heteroatoms. The summed E-state index contributed by atoms with van der Waals surface area (Å²) in [5, 5.41) is 5.67. The van der Waals surface area contributed by atoms with Gasteiger partial charge in [0.1, 0.15) is 12.3 Å². The third-order valence-corrected chi connectivity index (χ3v) is 3.74. The number of carbonyl (C=O) groups excluding carboxylic acids is 1. The number of hydrogen-bond acceptors (Lipinski definition) is 4. The summed E-state index contributed by atoms with van der Waals surface area (Å²) in [6.45, 7) is 2.89. The van der Waals surface area contributed by atoms with Crippen molar-refractivity contribution in [2.75, 3.05) is 6.61 Å². The van der Waals surface area contributed by atoms with Gasteiger partial charge in [0.05, 0.1) is 6.61 Å². The molecule has 0 radical (unpaired) electrons. The summed E-state index contributed by atoms with van der Waals surface area (Å²) in [5.74, 6) is 1.05. The lowest BCUT2D eigenvalue weighted by Crippen LogP contribution is -2.21. The molecule has 1 saturated heterocycles. The molecule has 2 aromatic rings. The van der Waals surface area contributed by atoms with Crippen LogP contribution in [0, 0.1) is 0 Å². The first-order chi connectivity index (χ1) is 12.2. The molecular weight excluding hydrogens is 336 g/mol. The number of thiocarbonyl (C=S) groups is 1. The second kappa shape index (κ2) is 7.81. The predicted octanol–water partition coefficient (Wildman–Crippen LogP) is 3.01. The van der Waals surface area contributed by atoms with E-state index in [1.807, 2.05) is 55.5 Å². The van der Waals surface area contributed by atoms with E-state index in [2.05, 4.69) is 10.6 Å². The third kappa shape index (κ3) is 4.36. The molecule has 25 heavy (non-hydrogen) atoms. The van der Waals surface area contributed by atoms with Crippen LogP contribution in [0.5, 0.6) is 11.5 Å². The maximum absolute atomic E-state index is 11.7.